The van der Waals surface area contributed by atoms with Crippen molar-refractivity contribution in [2.45, 2.75) is 25.4 Å². The molecule has 0 unspecified atom stereocenters. The first-order valence-electron chi connectivity index (χ1n) is 8.95. The summed E-state index contributed by atoms with van der Waals surface area (Å²) in [4.78, 5) is 27.1. The van der Waals surface area contributed by atoms with Crippen LogP contribution in [0.25, 0.3) is 0 Å². The highest BCUT2D eigenvalue weighted by molar-refractivity contribution is 6.07. The van der Waals surface area contributed by atoms with Crippen LogP contribution in [0.4, 0.5) is 13.2 Å². The summed E-state index contributed by atoms with van der Waals surface area (Å²) in [6.07, 6.45) is -1.73. The zero-order valence-corrected chi connectivity index (χ0v) is 15.2. The molecule has 2 aromatic carbocycles. The van der Waals surface area contributed by atoms with Crippen LogP contribution in [0.5, 0.6) is 0 Å². The van der Waals surface area contributed by atoms with Gasteiger partial charge in [-0.2, -0.15) is 13.2 Å². The van der Waals surface area contributed by atoms with Crippen molar-refractivity contribution in [2.24, 2.45) is 5.41 Å². The number of amides is 2. The van der Waals surface area contributed by atoms with Crippen LogP contribution >= 0.6 is 0 Å². The first kappa shape index (κ1) is 19.9. The second kappa shape index (κ2) is 7.62. The lowest BCUT2D eigenvalue weighted by Gasteiger charge is -2.26. The number of likely N-dealkylation sites (tertiary alicyclic amines) is 1. The number of allylic oxidation sites excluding steroid dienone is 1. The molecular weight excluding hydrogens is 367 g/mol. The van der Waals surface area contributed by atoms with Crippen LogP contribution in [0.2, 0.25) is 0 Å². The second-order valence-electron chi connectivity index (χ2n) is 7.02. The summed E-state index contributed by atoms with van der Waals surface area (Å²) in [5.74, 6) is -0.662. The number of hydrogen-bond donors (Lipinski definition) is 0. The minimum atomic E-state index is -4.40. The molecule has 3 nitrogen and oxygen atoms in total. The van der Waals surface area contributed by atoms with Crippen molar-refractivity contribution in [3.05, 3.63) is 83.9 Å². The largest absolute Gasteiger partial charge is 0.416 e. The first-order valence-corrected chi connectivity index (χ1v) is 8.95. The highest BCUT2D eigenvalue weighted by Gasteiger charge is 2.48. The Morgan fingerprint density at radius 1 is 1.11 bits per heavy atom. The Kier molecular flexibility index (Phi) is 5.40. The molecule has 0 spiro atoms. The molecule has 28 heavy (non-hydrogen) atoms. The van der Waals surface area contributed by atoms with E-state index >= 15 is 0 Å². The highest BCUT2D eigenvalue weighted by Crippen LogP contribution is 2.40. The predicted octanol–water partition coefficient (Wildman–Crippen LogP) is 4.88. The molecular formula is C22H20F3NO2. The SMILES string of the molecule is C=CC[C@@]1(Cc2ccc(C(F)(F)F)cc2)CCN(C(=O)c2ccccc2)C1=O. The van der Waals surface area contributed by atoms with E-state index < -0.39 is 17.2 Å². The highest BCUT2D eigenvalue weighted by atomic mass is 19.4. The fourth-order valence-corrected chi connectivity index (χ4v) is 3.66. The van der Waals surface area contributed by atoms with Crippen LogP contribution in [0.1, 0.15) is 34.3 Å². The van der Waals surface area contributed by atoms with Gasteiger partial charge in [-0.3, -0.25) is 14.5 Å². The van der Waals surface area contributed by atoms with Gasteiger partial charge in [0.15, 0.2) is 0 Å². The van der Waals surface area contributed by atoms with Crippen molar-refractivity contribution in [1.29, 1.82) is 0 Å². The Labute approximate surface area is 161 Å². The van der Waals surface area contributed by atoms with Crippen molar-refractivity contribution in [3.63, 3.8) is 0 Å². The van der Waals surface area contributed by atoms with Gasteiger partial charge in [0.2, 0.25) is 5.91 Å². The quantitative estimate of drug-likeness (QED) is 0.542. The van der Waals surface area contributed by atoms with E-state index in [0.29, 0.717) is 24.0 Å². The Bertz CT molecular complexity index is 875. The van der Waals surface area contributed by atoms with Crippen molar-refractivity contribution in [2.75, 3.05) is 6.54 Å². The Morgan fingerprint density at radius 3 is 2.32 bits per heavy atom. The van der Waals surface area contributed by atoms with Gasteiger partial charge >= 0.3 is 6.18 Å². The third-order valence-corrected chi connectivity index (χ3v) is 5.14. The van der Waals surface area contributed by atoms with Crippen LogP contribution in [-0.2, 0) is 17.4 Å². The zero-order valence-electron chi connectivity index (χ0n) is 15.2. The summed E-state index contributed by atoms with van der Waals surface area (Å²) in [7, 11) is 0. The van der Waals surface area contributed by atoms with E-state index in [9.17, 15) is 22.8 Å². The topological polar surface area (TPSA) is 37.4 Å². The molecule has 0 aliphatic carbocycles. The summed E-state index contributed by atoms with van der Waals surface area (Å²) in [5, 5.41) is 0. The minimum Gasteiger partial charge on any atom is -0.278 e. The maximum atomic E-state index is 13.1. The van der Waals surface area contributed by atoms with Crippen molar-refractivity contribution >= 4 is 11.8 Å². The van der Waals surface area contributed by atoms with Crippen LogP contribution in [0.15, 0.2) is 67.3 Å². The number of carbonyl (C=O) groups excluding carboxylic acids is 2. The smallest absolute Gasteiger partial charge is 0.278 e. The predicted molar refractivity (Wildman–Crippen MR) is 99.5 cm³/mol. The van der Waals surface area contributed by atoms with Crippen LogP contribution < -0.4 is 0 Å². The molecule has 1 atom stereocenters. The zero-order chi connectivity index (χ0) is 20.4. The van der Waals surface area contributed by atoms with Gasteiger partial charge in [-0.05, 0) is 49.1 Å². The van der Waals surface area contributed by atoms with Gasteiger partial charge in [0, 0.05) is 12.1 Å². The van der Waals surface area contributed by atoms with E-state index in [0.717, 1.165) is 12.1 Å². The molecule has 1 aliphatic heterocycles. The molecule has 0 N–H and O–H groups in total. The molecule has 1 aliphatic rings. The number of alkyl halides is 3. The summed E-state index contributed by atoms with van der Waals surface area (Å²) >= 11 is 0. The van der Waals surface area contributed by atoms with E-state index in [2.05, 4.69) is 6.58 Å². The lowest BCUT2D eigenvalue weighted by molar-refractivity contribution is -0.137. The van der Waals surface area contributed by atoms with Crippen LogP contribution in [0, 0.1) is 5.41 Å². The normalized spacial score (nSPS) is 19.7. The third-order valence-electron chi connectivity index (χ3n) is 5.14. The molecule has 3 rings (SSSR count). The van der Waals surface area contributed by atoms with Gasteiger partial charge < -0.3 is 0 Å². The average molecular weight is 387 g/mol. The van der Waals surface area contributed by atoms with Gasteiger partial charge in [-0.25, -0.2) is 0 Å². The molecule has 1 heterocycles. The molecule has 2 amide bonds. The number of hydrogen-bond acceptors (Lipinski definition) is 2. The number of carbonyl (C=O) groups is 2. The van der Waals surface area contributed by atoms with Crippen LogP contribution in [0.3, 0.4) is 0 Å². The molecule has 1 saturated heterocycles. The van der Waals surface area contributed by atoms with E-state index in [1.54, 1.807) is 36.4 Å². The van der Waals surface area contributed by atoms with Gasteiger partial charge in [0.1, 0.15) is 0 Å². The Morgan fingerprint density at radius 2 is 1.75 bits per heavy atom. The van der Waals surface area contributed by atoms with E-state index in [-0.39, 0.29) is 24.8 Å². The van der Waals surface area contributed by atoms with E-state index in [1.807, 2.05) is 0 Å². The number of nitrogens with zero attached hydrogens (tertiary/aromatic N) is 1. The molecule has 0 radical (unpaired) electrons. The maximum Gasteiger partial charge on any atom is 0.416 e. The van der Waals surface area contributed by atoms with Gasteiger partial charge in [0.25, 0.3) is 5.91 Å². The third kappa shape index (κ3) is 3.86. The summed E-state index contributed by atoms with van der Waals surface area (Å²) in [6.45, 7) is 3.99. The molecule has 146 valence electrons. The van der Waals surface area contributed by atoms with Crippen molar-refractivity contribution < 1.29 is 22.8 Å². The number of halogens is 3. The summed E-state index contributed by atoms with van der Waals surface area (Å²) in [6, 6.07) is 13.4. The Balaban J connectivity index is 1.83. The number of imide groups is 1. The maximum absolute atomic E-state index is 13.1. The van der Waals surface area contributed by atoms with Crippen molar-refractivity contribution in [1.82, 2.24) is 4.90 Å². The Hall–Kier alpha value is -2.89. The van der Waals surface area contributed by atoms with E-state index in [4.69, 9.17) is 0 Å². The lowest BCUT2D eigenvalue weighted by atomic mass is 9.77. The van der Waals surface area contributed by atoms with Crippen LogP contribution in [-0.4, -0.2) is 23.3 Å². The molecule has 0 aromatic heterocycles. The van der Waals surface area contributed by atoms with Gasteiger partial charge in [0.05, 0.1) is 11.0 Å². The summed E-state index contributed by atoms with van der Waals surface area (Å²) in [5.41, 5.74) is -0.545. The first-order chi connectivity index (χ1) is 13.3. The second-order valence-corrected chi connectivity index (χ2v) is 7.02. The summed E-state index contributed by atoms with van der Waals surface area (Å²) < 4.78 is 38.3. The molecule has 6 heteroatoms. The molecule has 1 fully saturated rings. The van der Waals surface area contributed by atoms with Gasteiger partial charge in [-0.1, -0.05) is 36.4 Å². The van der Waals surface area contributed by atoms with Gasteiger partial charge in [-0.15, -0.1) is 6.58 Å². The fourth-order valence-electron chi connectivity index (χ4n) is 3.66. The van der Waals surface area contributed by atoms with E-state index in [1.165, 1.54) is 17.0 Å². The minimum absolute atomic E-state index is 0.258. The lowest BCUT2D eigenvalue weighted by Crippen LogP contribution is -2.39. The molecule has 0 saturated carbocycles. The fraction of sp³-hybridized carbons (Fsp3) is 0.273. The molecule has 0 bridgehead atoms. The van der Waals surface area contributed by atoms with Crippen molar-refractivity contribution in [3.8, 4) is 0 Å². The standard InChI is InChI=1S/C22H20F3NO2/c1-2-12-21(15-16-8-10-18(11-9-16)22(23,24)25)13-14-26(20(21)28)19(27)17-6-4-3-5-7-17/h2-11H,1,12-15H2/t21-/m0/s1. The average Bonchev–Trinajstić information content (AvgIpc) is 2.98. The molecule has 2 aromatic rings. The monoisotopic (exact) mass is 387 g/mol. The number of rotatable bonds is 5. The number of benzene rings is 2.